The maximum atomic E-state index is 8.31. The van der Waals surface area contributed by atoms with Crippen LogP contribution in [-0.4, -0.2) is 29.4 Å². The van der Waals surface area contributed by atoms with Gasteiger partial charge in [-0.1, -0.05) is 11.2 Å². The molecule has 68 valence electrons. The average Bonchev–Trinajstić information content (AvgIpc) is 2.26. The molecular formula is C8H13NO3. The summed E-state index contributed by atoms with van der Waals surface area (Å²) in [6, 6.07) is 0. The first-order valence-electron chi connectivity index (χ1n) is 3.75. The summed E-state index contributed by atoms with van der Waals surface area (Å²) in [7, 11) is 0. The molecule has 1 rings (SSSR count). The molecule has 1 heterocycles. The molecule has 4 heteroatoms. The standard InChI is InChI=1S/C8H13NO3/c1-4-6-7(5-9-10)12-8(2,3)11-6/h4-7,10H,1H2,2-3H3/t6-,7+/m1/s1. The molecule has 0 aliphatic carbocycles. The quantitative estimate of drug-likeness (QED) is 0.293. The first kappa shape index (κ1) is 9.22. The van der Waals surface area contributed by atoms with E-state index in [1.54, 1.807) is 19.9 Å². The minimum atomic E-state index is -0.634. The van der Waals surface area contributed by atoms with Gasteiger partial charge in [0, 0.05) is 0 Å². The van der Waals surface area contributed by atoms with Crippen LogP contribution in [0.25, 0.3) is 0 Å². The van der Waals surface area contributed by atoms with Gasteiger partial charge in [-0.05, 0) is 13.8 Å². The van der Waals surface area contributed by atoms with Crippen LogP contribution in [0.5, 0.6) is 0 Å². The summed E-state index contributed by atoms with van der Waals surface area (Å²) in [5.41, 5.74) is 0. The van der Waals surface area contributed by atoms with Crippen LogP contribution in [0.15, 0.2) is 17.8 Å². The molecule has 1 aliphatic rings. The second-order valence-electron chi connectivity index (χ2n) is 3.07. The minimum Gasteiger partial charge on any atom is -0.411 e. The van der Waals surface area contributed by atoms with Crippen LogP contribution in [0.3, 0.4) is 0 Å². The Labute approximate surface area is 71.5 Å². The molecular weight excluding hydrogens is 158 g/mol. The molecule has 0 saturated carbocycles. The fourth-order valence-corrected chi connectivity index (χ4v) is 1.18. The second kappa shape index (κ2) is 3.25. The van der Waals surface area contributed by atoms with Crippen molar-refractivity contribution in [2.24, 2.45) is 5.16 Å². The van der Waals surface area contributed by atoms with E-state index in [1.807, 2.05) is 0 Å². The maximum Gasteiger partial charge on any atom is 0.164 e. The van der Waals surface area contributed by atoms with Gasteiger partial charge in [-0.2, -0.15) is 0 Å². The molecule has 0 bridgehead atoms. The van der Waals surface area contributed by atoms with E-state index in [9.17, 15) is 0 Å². The second-order valence-corrected chi connectivity index (χ2v) is 3.07. The first-order valence-corrected chi connectivity index (χ1v) is 3.75. The third kappa shape index (κ3) is 1.84. The summed E-state index contributed by atoms with van der Waals surface area (Å²) in [5.74, 6) is -0.634. The minimum absolute atomic E-state index is 0.240. The average molecular weight is 171 g/mol. The van der Waals surface area contributed by atoms with Crippen molar-refractivity contribution in [1.82, 2.24) is 0 Å². The van der Waals surface area contributed by atoms with E-state index in [0.29, 0.717) is 0 Å². The molecule has 1 saturated heterocycles. The Kier molecular flexibility index (Phi) is 2.49. The van der Waals surface area contributed by atoms with E-state index in [0.717, 1.165) is 0 Å². The largest absolute Gasteiger partial charge is 0.411 e. The zero-order chi connectivity index (χ0) is 9.19. The van der Waals surface area contributed by atoms with Gasteiger partial charge in [0.2, 0.25) is 0 Å². The van der Waals surface area contributed by atoms with Crippen LogP contribution in [0, 0.1) is 0 Å². The van der Waals surface area contributed by atoms with Crippen molar-refractivity contribution in [3.05, 3.63) is 12.7 Å². The summed E-state index contributed by atoms with van der Waals surface area (Å²) in [5, 5.41) is 11.2. The normalized spacial score (nSPS) is 34.2. The third-order valence-electron chi connectivity index (χ3n) is 1.61. The van der Waals surface area contributed by atoms with Crippen LogP contribution in [-0.2, 0) is 9.47 Å². The highest BCUT2D eigenvalue weighted by molar-refractivity contribution is 5.64. The molecule has 0 amide bonds. The number of oxime groups is 1. The summed E-state index contributed by atoms with van der Waals surface area (Å²) >= 11 is 0. The Balaban J connectivity index is 2.69. The highest BCUT2D eigenvalue weighted by atomic mass is 16.7. The molecule has 0 spiro atoms. The Bertz CT molecular complexity index is 200. The van der Waals surface area contributed by atoms with Crippen molar-refractivity contribution in [2.45, 2.75) is 31.8 Å². The third-order valence-corrected chi connectivity index (χ3v) is 1.61. The summed E-state index contributed by atoms with van der Waals surface area (Å²) in [6.07, 6.45) is 2.33. The Morgan fingerprint density at radius 2 is 2.00 bits per heavy atom. The van der Waals surface area contributed by atoms with Crippen LogP contribution in [0.4, 0.5) is 0 Å². The fraction of sp³-hybridized carbons (Fsp3) is 0.625. The van der Waals surface area contributed by atoms with E-state index >= 15 is 0 Å². The highest BCUT2D eigenvalue weighted by Gasteiger charge is 2.38. The van der Waals surface area contributed by atoms with Crippen molar-refractivity contribution in [3.8, 4) is 0 Å². The lowest BCUT2D eigenvalue weighted by molar-refractivity contribution is -0.137. The molecule has 1 aliphatic heterocycles. The van der Waals surface area contributed by atoms with Crippen LogP contribution in [0.2, 0.25) is 0 Å². The van der Waals surface area contributed by atoms with Crippen molar-refractivity contribution in [1.29, 1.82) is 0 Å². The number of hydrogen-bond acceptors (Lipinski definition) is 4. The van der Waals surface area contributed by atoms with E-state index in [2.05, 4.69) is 11.7 Å². The summed E-state index contributed by atoms with van der Waals surface area (Å²) < 4.78 is 10.8. The smallest absolute Gasteiger partial charge is 0.164 e. The van der Waals surface area contributed by atoms with Crippen LogP contribution >= 0.6 is 0 Å². The summed E-state index contributed by atoms with van der Waals surface area (Å²) in [6.45, 7) is 7.19. The van der Waals surface area contributed by atoms with Gasteiger partial charge in [-0.3, -0.25) is 0 Å². The van der Waals surface area contributed by atoms with Gasteiger partial charge in [-0.25, -0.2) is 0 Å². The van der Waals surface area contributed by atoms with Crippen molar-refractivity contribution < 1.29 is 14.7 Å². The molecule has 0 aromatic carbocycles. The van der Waals surface area contributed by atoms with E-state index in [4.69, 9.17) is 14.7 Å². The van der Waals surface area contributed by atoms with Crippen molar-refractivity contribution >= 4 is 6.21 Å². The van der Waals surface area contributed by atoms with Crippen LogP contribution in [0.1, 0.15) is 13.8 Å². The fourth-order valence-electron chi connectivity index (χ4n) is 1.18. The van der Waals surface area contributed by atoms with Crippen molar-refractivity contribution in [3.63, 3.8) is 0 Å². The van der Waals surface area contributed by atoms with Gasteiger partial charge in [0.05, 0.1) is 6.21 Å². The summed E-state index contributed by atoms with van der Waals surface area (Å²) in [4.78, 5) is 0. The molecule has 1 N–H and O–H groups in total. The lowest BCUT2D eigenvalue weighted by Crippen LogP contribution is -2.22. The first-order chi connectivity index (χ1) is 5.59. The molecule has 2 atom stereocenters. The van der Waals surface area contributed by atoms with Gasteiger partial charge in [0.15, 0.2) is 5.79 Å². The molecule has 12 heavy (non-hydrogen) atoms. The number of hydrogen-bond donors (Lipinski definition) is 1. The predicted octanol–water partition coefficient (Wildman–Crippen LogP) is 1.15. The highest BCUT2D eigenvalue weighted by Crippen LogP contribution is 2.27. The monoisotopic (exact) mass is 171 g/mol. The maximum absolute atomic E-state index is 8.31. The lowest BCUT2D eigenvalue weighted by Gasteiger charge is -2.15. The zero-order valence-electron chi connectivity index (χ0n) is 7.23. The Hall–Kier alpha value is -0.870. The van der Waals surface area contributed by atoms with Crippen LogP contribution < -0.4 is 0 Å². The SMILES string of the molecule is C=C[C@H]1OC(C)(C)O[C@H]1C=NO. The van der Waals surface area contributed by atoms with Gasteiger partial charge >= 0.3 is 0 Å². The van der Waals surface area contributed by atoms with Gasteiger partial charge in [0.25, 0.3) is 0 Å². The molecule has 0 unspecified atom stereocenters. The Morgan fingerprint density at radius 3 is 2.50 bits per heavy atom. The molecule has 0 radical (unpaired) electrons. The van der Waals surface area contributed by atoms with Gasteiger partial charge in [0.1, 0.15) is 12.2 Å². The molecule has 1 fully saturated rings. The molecule has 0 aromatic rings. The number of nitrogens with zero attached hydrogens (tertiary/aromatic N) is 1. The molecule has 0 aromatic heterocycles. The Morgan fingerprint density at radius 1 is 1.42 bits per heavy atom. The zero-order valence-corrected chi connectivity index (χ0v) is 7.23. The number of rotatable bonds is 2. The topological polar surface area (TPSA) is 51.0 Å². The van der Waals surface area contributed by atoms with Gasteiger partial charge in [-0.15, -0.1) is 6.58 Å². The lowest BCUT2D eigenvalue weighted by atomic mass is 10.2. The van der Waals surface area contributed by atoms with Gasteiger partial charge < -0.3 is 14.7 Å². The predicted molar refractivity (Wildman–Crippen MR) is 44.3 cm³/mol. The van der Waals surface area contributed by atoms with E-state index in [-0.39, 0.29) is 12.2 Å². The molecule has 4 nitrogen and oxygen atoms in total. The van der Waals surface area contributed by atoms with Crippen molar-refractivity contribution in [2.75, 3.05) is 0 Å². The van der Waals surface area contributed by atoms with E-state index in [1.165, 1.54) is 6.21 Å². The number of ether oxygens (including phenoxy) is 2. The van der Waals surface area contributed by atoms with E-state index < -0.39 is 5.79 Å².